The first-order valence-corrected chi connectivity index (χ1v) is 5.61. The fourth-order valence-corrected chi connectivity index (χ4v) is 2.31. The summed E-state index contributed by atoms with van der Waals surface area (Å²) in [4.78, 5) is 0. The molecule has 4 heteroatoms. The number of nitrogens with zero attached hydrogens (tertiary/aromatic N) is 1. The van der Waals surface area contributed by atoms with Crippen LogP contribution in [0.2, 0.25) is 0 Å². The van der Waals surface area contributed by atoms with Gasteiger partial charge < -0.3 is 10.1 Å². The Morgan fingerprint density at radius 3 is 3.19 bits per heavy atom. The number of benzene rings is 1. The molecule has 0 saturated carbocycles. The van der Waals surface area contributed by atoms with E-state index < -0.39 is 0 Å². The van der Waals surface area contributed by atoms with Gasteiger partial charge in [0.05, 0.1) is 24.8 Å². The van der Waals surface area contributed by atoms with Gasteiger partial charge in [-0.15, -0.1) is 0 Å². The maximum atomic E-state index is 5.51. The molecule has 16 heavy (non-hydrogen) atoms. The lowest BCUT2D eigenvalue weighted by Crippen LogP contribution is -2.34. The van der Waals surface area contributed by atoms with Crippen molar-refractivity contribution in [2.75, 3.05) is 19.8 Å². The summed E-state index contributed by atoms with van der Waals surface area (Å²) in [6, 6.07) is 6.52. The Morgan fingerprint density at radius 2 is 2.38 bits per heavy atom. The van der Waals surface area contributed by atoms with Gasteiger partial charge in [0.2, 0.25) is 0 Å². The summed E-state index contributed by atoms with van der Waals surface area (Å²) < 4.78 is 5.51. The molecule has 2 heterocycles. The predicted molar refractivity (Wildman–Crippen MR) is 62.4 cm³/mol. The summed E-state index contributed by atoms with van der Waals surface area (Å²) in [6.45, 7) is 4.51. The molecule has 2 N–H and O–H groups in total. The van der Waals surface area contributed by atoms with Crippen LogP contribution in [-0.4, -0.2) is 30.0 Å². The van der Waals surface area contributed by atoms with E-state index in [0.29, 0.717) is 0 Å². The topological polar surface area (TPSA) is 49.9 Å². The van der Waals surface area contributed by atoms with Gasteiger partial charge in [-0.05, 0) is 18.6 Å². The predicted octanol–water partition coefficient (Wildman–Crippen LogP) is 1.53. The van der Waals surface area contributed by atoms with E-state index in [4.69, 9.17) is 4.74 Å². The molecule has 0 aliphatic carbocycles. The standard InChI is InChI=1S/C12H15N3O/c1-8-12-9(11-7-16-6-5-13-11)3-2-4-10(12)15-14-8/h2-4,11,13H,5-7H2,1H3,(H,14,15). The third-order valence-corrected chi connectivity index (χ3v) is 3.09. The number of fused-ring (bicyclic) bond motifs is 1. The van der Waals surface area contributed by atoms with Gasteiger partial charge >= 0.3 is 0 Å². The quantitative estimate of drug-likeness (QED) is 0.761. The fraction of sp³-hybridized carbons (Fsp3) is 0.417. The van der Waals surface area contributed by atoms with Crippen LogP contribution in [0, 0.1) is 6.92 Å². The first kappa shape index (κ1) is 9.81. The van der Waals surface area contributed by atoms with E-state index in [2.05, 4.69) is 28.5 Å². The molecule has 0 radical (unpaired) electrons. The number of nitrogens with one attached hydrogen (secondary N) is 2. The summed E-state index contributed by atoms with van der Waals surface area (Å²) in [5, 5.41) is 12.0. The lowest BCUT2D eigenvalue weighted by atomic mass is 10.0. The molecule has 84 valence electrons. The van der Waals surface area contributed by atoms with E-state index in [1.54, 1.807) is 0 Å². The van der Waals surface area contributed by atoms with Crippen molar-refractivity contribution in [3.63, 3.8) is 0 Å². The van der Waals surface area contributed by atoms with E-state index in [-0.39, 0.29) is 6.04 Å². The molecule has 1 saturated heterocycles. The number of H-pyrrole nitrogens is 1. The number of hydrogen-bond donors (Lipinski definition) is 2. The van der Waals surface area contributed by atoms with Crippen molar-refractivity contribution in [1.29, 1.82) is 0 Å². The Bertz CT molecular complexity index is 500. The molecule has 1 aliphatic heterocycles. The van der Waals surface area contributed by atoms with Gasteiger partial charge in [-0.25, -0.2) is 0 Å². The molecule has 0 bridgehead atoms. The van der Waals surface area contributed by atoms with Crippen molar-refractivity contribution >= 4 is 10.9 Å². The van der Waals surface area contributed by atoms with E-state index in [9.17, 15) is 0 Å². The fourth-order valence-electron chi connectivity index (χ4n) is 2.31. The molecule has 1 aromatic carbocycles. The van der Waals surface area contributed by atoms with E-state index >= 15 is 0 Å². The van der Waals surface area contributed by atoms with Gasteiger partial charge in [0, 0.05) is 17.6 Å². The minimum Gasteiger partial charge on any atom is -0.378 e. The van der Waals surface area contributed by atoms with Gasteiger partial charge in [-0.1, -0.05) is 12.1 Å². The summed E-state index contributed by atoms with van der Waals surface area (Å²) in [5.74, 6) is 0. The van der Waals surface area contributed by atoms with Gasteiger partial charge in [0.25, 0.3) is 0 Å². The van der Waals surface area contributed by atoms with Crippen LogP contribution >= 0.6 is 0 Å². The van der Waals surface area contributed by atoms with Crippen LogP contribution in [-0.2, 0) is 4.74 Å². The number of rotatable bonds is 1. The van der Waals surface area contributed by atoms with Gasteiger partial charge in [-0.2, -0.15) is 5.10 Å². The van der Waals surface area contributed by atoms with Crippen LogP contribution in [0.15, 0.2) is 18.2 Å². The molecule has 2 aromatic rings. The molecule has 1 aliphatic rings. The minimum atomic E-state index is 0.286. The second-order valence-electron chi connectivity index (χ2n) is 4.17. The number of hydrogen-bond acceptors (Lipinski definition) is 3. The smallest absolute Gasteiger partial charge is 0.0927 e. The summed E-state index contributed by atoms with van der Waals surface area (Å²) in [5.41, 5.74) is 3.43. The molecule has 1 fully saturated rings. The number of aryl methyl sites for hydroxylation is 1. The summed E-state index contributed by atoms with van der Waals surface area (Å²) in [6.07, 6.45) is 0. The molecular formula is C12H15N3O. The zero-order valence-corrected chi connectivity index (χ0v) is 9.29. The highest BCUT2D eigenvalue weighted by Crippen LogP contribution is 2.26. The zero-order valence-electron chi connectivity index (χ0n) is 9.29. The molecule has 1 unspecified atom stereocenters. The number of aromatic nitrogens is 2. The maximum absolute atomic E-state index is 5.51. The molecule has 0 spiro atoms. The Morgan fingerprint density at radius 1 is 1.44 bits per heavy atom. The van der Waals surface area contributed by atoms with Crippen LogP contribution in [0.25, 0.3) is 10.9 Å². The van der Waals surface area contributed by atoms with Crippen LogP contribution in [0.4, 0.5) is 0 Å². The third-order valence-electron chi connectivity index (χ3n) is 3.09. The second-order valence-corrected chi connectivity index (χ2v) is 4.17. The highest BCUT2D eigenvalue weighted by molar-refractivity contribution is 5.85. The van der Waals surface area contributed by atoms with E-state index in [0.717, 1.165) is 31.0 Å². The molecule has 1 atom stereocenters. The number of aromatic amines is 1. The second kappa shape index (κ2) is 3.88. The lowest BCUT2D eigenvalue weighted by molar-refractivity contribution is 0.0773. The van der Waals surface area contributed by atoms with Crippen molar-refractivity contribution in [3.05, 3.63) is 29.5 Å². The van der Waals surface area contributed by atoms with Crippen molar-refractivity contribution in [2.45, 2.75) is 13.0 Å². The van der Waals surface area contributed by atoms with Gasteiger partial charge in [0.15, 0.2) is 0 Å². The highest BCUT2D eigenvalue weighted by atomic mass is 16.5. The monoisotopic (exact) mass is 217 g/mol. The normalized spacial score (nSPS) is 21.4. The molecular weight excluding hydrogens is 202 g/mol. The molecule has 4 nitrogen and oxygen atoms in total. The van der Waals surface area contributed by atoms with E-state index in [1.165, 1.54) is 10.9 Å². The van der Waals surface area contributed by atoms with Crippen LogP contribution < -0.4 is 5.32 Å². The van der Waals surface area contributed by atoms with Crippen molar-refractivity contribution < 1.29 is 4.74 Å². The summed E-state index contributed by atoms with van der Waals surface area (Å²) >= 11 is 0. The van der Waals surface area contributed by atoms with Crippen molar-refractivity contribution in [1.82, 2.24) is 15.5 Å². The first-order valence-electron chi connectivity index (χ1n) is 5.61. The zero-order chi connectivity index (χ0) is 11.0. The number of ether oxygens (including phenoxy) is 1. The average molecular weight is 217 g/mol. The average Bonchev–Trinajstić information content (AvgIpc) is 2.73. The van der Waals surface area contributed by atoms with Crippen molar-refractivity contribution in [2.24, 2.45) is 0 Å². The van der Waals surface area contributed by atoms with E-state index in [1.807, 2.05) is 12.1 Å². The number of morpholine rings is 1. The Kier molecular flexibility index (Phi) is 2.38. The highest BCUT2D eigenvalue weighted by Gasteiger charge is 2.19. The van der Waals surface area contributed by atoms with Gasteiger partial charge in [0.1, 0.15) is 0 Å². The minimum absolute atomic E-state index is 0.286. The van der Waals surface area contributed by atoms with Gasteiger partial charge in [-0.3, -0.25) is 5.10 Å². The maximum Gasteiger partial charge on any atom is 0.0927 e. The third kappa shape index (κ3) is 1.50. The van der Waals surface area contributed by atoms with Crippen LogP contribution in [0.3, 0.4) is 0 Å². The Hall–Kier alpha value is -1.39. The van der Waals surface area contributed by atoms with Crippen LogP contribution in [0.1, 0.15) is 17.3 Å². The molecule has 1 aromatic heterocycles. The lowest BCUT2D eigenvalue weighted by Gasteiger charge is -2.24. The first-order chi connectivity index (χ1) is 7.86. The summed E-state index contributed by atoms with van der Waals surface area (Å²) in [7, 11) is 0. The Balaban J connectivity index is 2.10. The molecule has 0 amide bonds. The SMILES string of the molecule is Cc1[nH]nc2cccc(C3COCCN3)c12. The molecule has 3 rings (SSSR count). The largest absolute Gasteiger partial charge is 0.378 e. The Labute approximate surface area is 94.0 Å². The van der Waals surface area contributed by atoms with Crippen molar-refractivity contribution in [3.8, 4) is 0 Å². The van der Waals surface area contributed by atoms with Crippen LogP contribution in [0.5, 0.6) is 0 Å².